The van der Waals surface area contributed by atoms with Crippen LogP contribution in [0.2, 0.25) is 0 Å². The van der Waals surface area contributed by atoms with Gasteiger partial charge in [0.05, 0.1) is 6.04 Å². The Morgan fingerprint density at radius 2 is 2.25 bits per heavy atom. The molecule has 104 valence electrons. The highest BCUT2D eigenvalue weighted by Gasteiger charge is 2.11. The molecule has 1 unspecified atom stereocenters. The number of fused-ring (bicyclic) bond motifs is 1. The van der Waals surface area contributed by atoms with Crippen LogP contribution in [0.5, 0.6) is 0 Å². The van der Waals surface area contributed by atoms with E-state index in [1.807, 2.05) is 25.1 Å². The first-order chi connectivity index (χ1) is 9.67. The Morgan fingerprint density at radius 1 is 1.40 bits per heavy atom. The highest BCUT2D eigenvalue weighted by atomic mass is 79.9. The van der Waals surface area contributed by atoms with Crippen LogP contribution in [0.25, 0.3) is 11.1 Å². The molecule has 0 saturated carbocycles. The molecule has 1 aromatic carbocycles. The molecule has 0 bridgehead atoms. The number of nitrogens with one attached hydrogen (secondary N) is 1. The molecule has 0 spiro atoms. The Kier molecular flexibility index (Phi) is 3.81. The van der Waals surface area contributed by atoms with E-state index in [2.05, 4.69) is 44.6 Å². The van der Waals surface area contributed by atoms with Crippen molar-refractivity contribution in [3.63, 3.8) is 0 Å². The SMILES string of the molecule is CCc1nc2cc(NC(C)c3sccc3Br)ccc2o1. The minimum Gasteiger partial charge on any atom is -0.441 e. The van der Waals surface area contributed by atoms with E-state index in [1.54, 1.807) is 11.3 Å². The van der Waals surface area contributed by atoms with Crippen LogP contribution in [-0.2, 0) is 6.42 Å². The molecular weight excluding hydrogens is 336 g/mol. The van der Waals surface area contributed by atoms with Gasteiger partial charge in [-0.05, 0) is 52.5 Å². The molecule has 0 aliphatic carbocycles. The van der Waals surface area contributed by atoms with Crippen molar-refractivity contribution in [3.05, 3.63) is 44.9 Å². The highest BCUT2D eigenvalue weighted by Crippen LogP contribution is 2.31. The van der Waals surface area contributed by atoms with Crippen molar-refractivity contribution in [2.75, 3.05) is 5.32 Å². The summed E-state index contributed by atoms with van der Waals surface area (Å²) in [6.45, 7) is 4.20. The molecule has 5 heteroatoms. The first kappa shape index (κ1) is 13.6. The van der Waals surface area contributed by atoms with E-state index in [1.165, 1.54) is 4.88 Å². The summed E-state index contributed by atoms with van der Waals surface area (Å²) in [7, 11) is 0. The maximum absolute atomic E-state index is 5.62. The molecule has 3 rings (SSSR count). The van der Waals surface area contributed by atoms with E-state index in [9.17, 15) is 0 Å². The molecule has 0 aliphatic rings. The molecule has 0 radical (unpaired) electrons. The lowest BCUT2D eigenvalue weighted by Gasteiger charge is -2.14. The first-order valence-corrected chi connectivity index (χ1v) is 8.23. The molecular formula is C15H15BrN2OS. The normalized spacial score (nSPS) is 12.8. The smallest absolute Gasteiger partial charge is 0.195 e. The monoisotopic (exact) mass is 350 g/mol. The van der Waals surface area contributed by atoms with Gasteiger partial charge in [0.25, 0.3) is 0 Å². The molecule has 3 nitrogen and oxygen atoms in total. The minimum atomic E-state index is 0.249. The predicted molar refractivity (Wildman–Crippen MR) is 87.4 cm³/mol. The van der Waals surface area contributed by atoms with E-state index < -0.39 is 0 Å². The molecule has 2 heterocycles. The van der Waals surface area contributed by atoms with Gasteiger partial charge in [-0.1, -0.05) is 6.92 Å². The number of nitrogens with zero attached hydrogens (tertiary/aromatic N) is 1. The van der Waals surface area contributed by atoms with E-state index in [-0.39, 0.29) is 6.04 Å². The van der Waals surface area contributed by atoms with Crippen molar-refractivity contribution in [2.24, 2.45) is 0 Å². The third kappa shape index (κ3) is 2.60. The summed E-state index contributed by atoms with van der Waals surface area (Å²) in [5.74, 6) is 0.784. The van der Waals surface area contributed by atoms with E-state index in [4.69, 9.17) is 4.42 Å². The summed E-state index contributed by atoms with van der Waals surface area (Å²) in [4.78, 5) is 5.76. The highest BCUT2D eigenvalue weighted by molar-refractivity contribution is 9.10. The molecule has 20 heavy (non-hydrogen) atoms. The lowest BCUT2D eigenvalue weighted by molar-refractivity contribution is 0.538. The summed E-state index contributed by atoms with van der Waals surface area (Å²) in [5.41, 5.74) is 2.81. The minimum absolute atomic E-state index is 0.249. The van der Waals surface area contributed by atoms with Crippen molar-refractivity contribution in [1.82, 2.24) is 4.98 Å². The molecule has 0 aliphatic heterocycles. The second-order valence-corrected chi connectivity index (χ2v) is 6.44. The van der Waals surface area contributed by atoms with Crippen molar-refractivity contribution in [2.45, 2.75) is 26.3 Å². The van der Waals surface area contributed by atoms with Gasteiger partial charge in [0.1, 0.15) is 5.52 Å². The fourth-order valence-corrected chi connectivity index (χ4v) is 3.87. The molecule has 0 fully saturated rings. The summed E-state index contributed by atoms with van der Waals surface area (Å²) >= 11 is 5.32. The van der Waals surface area contributed by atoms with Gasteiger partial charge in [-0.25, -0.2) is 4.98 Å². The van der Waals surface area contributed by atoms with Crippen LogP contribution in [0.4, 0.5) is 5.69 Å². The fourth-order valence-electron chi connectivity index (χ4n) is 2.15. The average molecular weight is 351 g/mol. The van der Waals surface area contributed by atoms with Crippen LogP contribution in [0.15, 0.2) is 38.5 Å². The van der Waals surface area contributed by atoms with Gasteiger partial charge in [-0.3, -0.25) is 0 Å². The van der Waals surface area contributed by atoms with Crippen LogP contribution < -0.4 is 5.32 Å². The molecule has 0 amide bonds. The maximum Gasteiger partial charge on any atom is 0.195 e. The van der Waals surface area contributed by atoms with Crippen LogP contribution >= 0.6 is 27.3 Å². The Bertz CT molecular complexity index is 734. The van der Waals surface area contributed by atoms with Crippen LogP contribution in [0.3, 0.4) is 0 Å². The van der Waals surface area contributed by atoms with Gasteiger partial charge in [-0.15, -0.1) is 11.3 Å². The standard InChI is InChI=1S/C15H15BrN2OS/c1-3-14-18-12-8-10(4-5-13(12)19-14)17-9(2)15-11(16)6-7-20-15/h4-9,17H,3H2,1-2H3. The number of benzene rings is 1. The third-order valence-corrected chi connectivity index (χ3v) is 5.21. The number of halogens is 1. The van der Waals surface area contributed by atoms with Crippen molar-refractivity contribution < 1.29 is 4.42 Å². The first-order valence-electron chi connectivity index (χ1n) is 6.56. The number of aromatic nitrogens is 1. The van der Waals surface area contributed by atoms with Crippen LogP contribution in [-0.4, -0.2) is 4.98 Å². The number of aryl methyl sites for hydroxylation is 1. The van der Waals surface area contributed by atoms with Gasteiger partial charge in [-0.2, -0.15) is 0 Å². The van der Waals surface area contributed by atoms with E-state index in [0.29, 0.717) is 0 Å². The van der Waals surface area contributed by atoms with Gasteiger partial charge in [0.15, 0.2) is 11.5 Å². The molecule has 1 N–H and O–H groups in total. The zero-order chi connectivity index (χ0) is 14.1. The lowest BCUT2D eigenvalue weighted by atomic mass is 10.2. The summed E-state index contributed by atoms with van der Waals surface area (Å²) in [5, 5.41) is 5.59. The van der Waals surface area contributed by atoms with Gasteiger partial charge in [0.2, 0.25) is 0 Å². The molecule has 1 atom stereocenters. The largest absolute Gasteiger partial charge is 0.441 e. The number of hydrogen-bond acceptors (Lipinski definition) is 4. The van der Waals surface area contributed by atoms with Crippen molar-refractivity contribution in [3.8, 4) is 0 Å². The molecule has 3 aromatic rings. The van der Waals surface area contributed by atoms with Gasteiger partial charge in [0, 0.05) is 21.5 Å². The fraction of sp³-hybridized carbons (Fsp3) is 0.267. The van der Waals surface area contributed by atoms with E-state index in [0.717, 1.165) is 33.6 Å². The zero-order valence-corrected chi connectivity index (χ0v) is 13.7. The van der Waals surface area contributed by atoms with Gasteiger partial charge >= 0.3 is 0 Å². The van der Waals surface area contributed by atoms with Gasteiger partial charge < -0.3 is 9.73 Å². The number of thiophene rings is 1. The summed E-state index contributed by atoms with van der Waals surface area (Å²) in [6.07, 6.45) is 0.815. The predicted octanol–water partition coefficient (Wildman–Crippen LogP) is 5.39. The quantitative estimate of drug-likeness (QED) is 0.685. The van der Waals surface area contributed by atoms with Crippen molar-refractivity contribution >= 4 is 44.1 Å². The Hall–Kier alpha value is -1.33. The second kappa shape index (κ2) is 5.58. The Labute approximate surface area is 130 Å². The van der Waals surface area contributed by atoms with Crippen LogP contribution in [0, 0.1) is 0 Å². The number of rotatable bonds is 4. The number of oxazole rings is 1. The topological polar surface area (TPSA) is 38.1 Å². The molecule has 0 saturated heterocycles. The Morgan fingerprint density at radius 3 is 2.95 bits per heavy atom. The van der Waals surface area contributed by atoms with Crippen molar-refractivity contribution in [1.29, 1.82) is 0 Å². The summed E-state index contributed by atoms with van der Waals surface area (Å²) < 4.78 is 6.78. The Balaban J connectivity index is 1.85. The third-order valence-electron chi connectivity index (χ3n) is 3.16. The number of hydrogen-bond donors (Lipinski definition) is 1. The van der Waals surface area contributed by atoms with E-state index >= 15 is 0 Å². The number of anilines is 1. The summed E-state index contributed by atoms with van der Waals surface area (Å²) in [6, 6.07) is 8.37. The second-order valence-electron chi connectivity index (χ2n) is 4.64. The zero-order valence-electron chi connectivity index (χ0n) is 11.3. The average Bonchev–Trinajstić information content (AvgIpc) is 3.03. The molecule has 2 aromatic heterocycles. The maximum atomic E-state index is 5.62. The van der Waals surface area contributed by atoms with Crippen LogP contribution in [0.1, 0.15) is 30.7 Å². The lowest BCUT2D eigenvalue weighted by Crippen LogP contribution is -2.05.